The lowest BCUT2D eigenvalue weighted by Gasteiger charge is -2.28. The predicted molar refractivity (Wildman–Crippen MR) is 87.0 cm³/mol. The molecule has 0 atom stereocenters. The average Bonchev–Trinajstić information content (AvgIpc) is 2.42. The van der Waals surface area contributed by atoms with Crippen molar-refractivity contribution in [3.05, 3.63) is 11.4 Å². The van der Waals surface area contributed by atoms with E-state index in [4.69, 9.17) is 13.3 Å². The van der Waals surface area contributed by atoms with E-state index in [9.17, 15) is 0 Å². The first kappa shape index (κ1) is 19.1. The van der Waals surface area contributed by atoms with Crippen molar-refractivity contribution < 1.29 is 13.3 Å². The quantitative estimate of drug-likeness (QED) is 0.536. The molecule has 114 valence electrons. The van der Waals surface area contributed by atoms with Crippen molar-refractivity contribution in [3.63, 3.8) is 0 Å². The summed E-state index contributed by atoms with van der Waals surface area (Å²) in [5.74, 6) is 0. The average molecular weight is 305 g/mol. The van der Waals surface area contributed by atoms with Gasteiger partial charge in [-0.15, -0.1) is 0 Å². The van der Waals surface area contributed by atoms with E-state index in [-0.39, 0.29) is 0 Å². The van der Waals surface area contributed by atoms with Gasteiger partial charge in [0.1, 0.15) is 0 Å². The summed E-state index contributed by atoms with van der Waals surface area (Å²) >= 11 is 0. The summed E-state index contributed by atoms with van der Waals surface area (Å²) in [5.41, 5.74) is 4.58. The van der Waals surface area contributed by atoms with Gasteiger partial charge in [0, 0.05) is 19.8 Å². The van der Waals surface area contributed by atoms with Crippen molar-refractivity contribution in [1.82, 2.24) is 0 Å². The molecule has 0 aromatic heterocycles. The smallest absolute Gasteiger partial charge is 0.371 e. The van der Waals surface area contributed by atoms with Crippen LogP contribution in [0, 0.1) is 0 Å². The van der Waals surface area contributed by atoms with Crippen LogP contribution in [0.5, 0.6) is 0 Å². The minimum Gasteiger partial charge on any atom is -0.371 e. The molecule has 0 N–H and O–H groups in total. The largest absolute Gasteiger partial charge is 0.528 e. The molecule has 0 aromatic carbocycles. The Morgan fingerprint density at radius 1 is 0.632 bits per heavy atom. The van der Waals surface area contributed by atoms with Gasteiger partial charge in [-0.3, -0.25) is 0 Å². The van der Waals surface area contributed by atoms with Gasteiger partial charge in [-0.2, -0.15) is 0 Å². The molecule has 5 heteroatoms. The number of hydrogen-bond donors (Lipinski definition) is 0. The molecule has 19 heavy (non-hydrogen) atoms. The minimum absolute atomic E-state index is 0.634. The molecule has 0 radical (unpaired) electrons. The molecule has 0 aromatic rings. The van der Waals surface area contributed by atoms with Gasteiger partial charge in [0.05, 0.1) is 8.07 Å². The first-order chi connectivity index (χ1) is 9.07. The Morgan fingerprint density at radius 2 is 1.00 bits per heavy atom. The normalized spacial score (nSPS) is 13.4. The van der Waals surface area contributed by atoms with Gasteiger partial charge in [-0.1, -0.05) is 44.6 Å². The van der Waals surface area contributed by atoms with Gasteiger partial charge >= 0.3 is 8.80 Å². The van der Waals surface area contributed by atoms with E-state index in [1.54, 1.807) is 0 Å². The highest BCUT2D eigenvalue weighted by molar-refractivity contribution is 6.85. The highest BCUT2D eigenvalue weighted by atomic mass is 28.4. The first-order valence-corrected chi connectivity index (χ1v) is 12.2. The van der Waals surface area contributed by atoms with Crippen molar-refractivity contribution in [2.45, 2.75) is 59.7 Å². The monoisotopic (exact) mass is 304 g/mol. The summed E-state index contributed by atoms with van der Waals surface area (Å²) < 4.78 is 17.6. The van der Waals surface area contributed by atoms with Crippen LogP contribution in [0.3, 0.4) is 0 Å². The van der Waals surface area contributed by atoms with Gasteiger partial charge in [0.2, 0.25) is 0 Å². The van der Waals surface area contributed by atoms with Crippen LogP contribution in [0.4, 0.5) is 0 Å². The first-order valence-electron chi connectivity index (χ1n) is 7.69. The Bertz CT molecular complexity index is 228. The van der Waals surface area contributed by atoms with Crippen molar-refractivity contribution in [3.8, 4) is 0 Å². The van der Waals surface area contributed by atoms with Crippen molar-refractivity contribution >= 4 is 16.9 Å². The zero-order valence-corrected chi connectivity index (χ0v) is 15.6. The van der Waals surface area contributed by atoms with Crippen LogP contribution in [0.2, 0.25) is 18.1 Å². The van der Waals surface area contributed by atoms with E-state index in [0.717, 1.165) is 0 Å². The van der Waals surface area contributed by atoms with Crippen molar-refractivity contribution in [1.29, 1.82) is 0 Å². The zero-order valence-electron chi connectivity index (χ0n) is 13.6. The lowest BCUT2D eigenvalue weighted by molar-refractivity contribution is 0.0843. The van der Waals surface area contributed by atoms with E-state index < -0.39 is 16.9 Å². The van der Waals surface area contributed by atoms with Crippen LogP contribution in [-0.2, 0) is 13.3 Å². The summed E-state index contributed by atoms with van der Waals surface area (Å²) in [6.07, 6.45) is 0. The van der Waals surface area contributed by atoms with E-state index in [0.29, 0.717) is 19.8 Å². The third kappa shape index (κ3) is 5.91. The molecule has 0 fully saturated rings. The second-order valence-electron chi connectivity index (χ2n) is 4.66. The number of rotatable bonds is 11. The van der Waals surface area contributed by atoms with Gasteiger partial charge in [0.25, 0.3) is 0 Å². The molecule has 0 saturated carbocycles. The maximum absolute atomic E-state index is 5.87. The van der Waals surface area contributed by atoms with E-state index in [1.165, 1.54) is 18.1 Å². The van der Waals surface area contributed by atoms with E-state index >= 15 is 0 Å². The fourth-order valence-corrected chi connectivity index (χ4v) is 8.44. The molecular weight excluding hydrogens is 272 g/mol. The molecule has 0 unspecified atom stereocenters. The van der Waals surface area contributed by atoms with E-state index in [1.807, 2.05) is 20.8 Å². The third-order valence-corrected chi connectivity index (χ3v) is 11.9. The fourth-order valence-electron chi connectivity index (χ4n) is 2.26. The zero-order chi connectivity index (χ0) is 14.8. The molecule has 0 aliphatic rings. The lowest BCUT2D eigenvalue weighted by atomic mass is 10.9. The van der Waals surface area contributed by atoms with Crippen LogP contribution in [-0.4, -0.2) is 36.7 Å². The maximum atomic E-state index is 5.87. The summed E-state index contributed by atoms with van der Waals surface area (Å²) in [5, 5.41) is 0. The Labute approximate surface area is 121 Å². The number of hydrogen-bond acceptors (Lipinski definition) is 3. The van der Waals surface area contributed by atoms with Crippen LogP contribution in [0.15, 0.2) is 11.4 Å². The highest BCUT2D eigenvalue weighted by Gasteiger charge is 2.38. The summed E-state index contributed by atoms with van der Waals surface area (Å²) in [4.78, 5) is 0. The Morgan fingerprint density at radius 3 is 1.26 bits per heavy atom. The molecule has 0 aliphatic carbocycles. The molecule has 0 aliphatic heterocycles. The molecule has 0 rings (SSSR count). The van der Waals surface area contributed by atoms with Gasteiger partial charge in [-0.05, 0) is 26.5 Å². The SMILES string of the molecule is CCO[Si](/C=C/[Si](CC)(CC)CC)(OCC)OCC. The minimum atomic E-state index is -2.60. The summed E-state index contributed by atoms with van der Waals surface area (Å²) in [7, 11) is -3.90. The third-order valence-electron chi connectivity index (χ3n) is 3.79. The fraction of sp³-hybridized carbons (Fsp3) is 0.857. The van der Waals surface area contributed by atoms with Crippen LogP contribution in [0.1, 0.15) is 41.5 Å². The van der Waals surface area contributed by atoms with Crippen LogP contribution in [0.25, 0.3) is 0 Å². The van der Waals surface area contributed by atoms with Gasteiger partial charge in [-0.25, -0.2) is 0 Å². The van der Waals surface area contributed by atoms with Crippen LogP contribution >= 0.6 is 0 Å². The van der Waals surface area contributed by atoms with Crippen molar-refractivity contribution in [2.75, 3.05) is 19.8 Å². The molecule has 0 amide bonds. The van der Waals surface area contributed by atoms with Crippen molar-refractivity contribution in [2.24, 2.45) is 0 Å². The molecule has 3 nitrogen and oxygen atoms in total. The second kappa shape index (κ2) is 9.88. The lowest BCUT2D eigenvalue weighted by Crippen LogP contribution is -2.45. The topological polar surface area (TPSA) is 27.7 Å². The molecule has 0 spiro atoms. The van der Waals surface area contributed by atoms with Gasteiger partial charge in [0.15, 0.2) is 0 Å². The summed E-state index contributed by atoms with van der Waals surface area (Å²) in [6, 6.07) is 3.81. The Balaban J connectivity index is 5.14. The van der Waals surface area contributed by atoms with E-state index in [2.05, 4.69) is 32.2 Å². The predicted octanol–water partition coefficient (Wildman–Crippen LogP) is 4.18. The highest BCUT2D eigenvalue weighted by Crippen LogP contribution is 2.23. The summed E-state index contributed by atoms with van der Waals surface area (Å²) in [6.45, 7) is 14.8. The molecular formula is C14H32O3Si2. The Kier molecular flexibility index (Phi) is 9.91. The second-order valence-corrected chi connectivity index (χ2v) is 12.2. The molecule has 0 heterocycles. The molecule has 0 bridgehead atoms. The maximum Gasteiger partial charge on any atom is 0.528 e. The van der Waals surface area contributed by atoms with Gasteiger partial charge < -0.3 is 13.3 Å². The van der Waals surface area contributed by atoms with Crippen LogP contribution < -0.4 is 0 Å². The Hall–Kier alpha value is 0.0538. The standard InChI is InChI=1S/C14H32O3Si2/c1-7-15-19(16-8-2,17-9-3)14-13-18(10-4,11-5)12-6/h13-14H,7-12H2,1-6H3/b14-13+. The molecule has 0 saturated heterocycles.